The number of hydrogen-bond donors (Lipinski definition) is 1. The van der Waals surface area contributed by atoms with Crippen LogP contribution in [0.15, 0.2) is 11.6 Å². The summed E-state index contributed by atoms with van der Waals surface area (Å²) in [6.07, 6.45) is 9.28. The zero-order valence-corrected chi connectivity index (χ0v) is 25.5. The second kappa shape index (κ2) is 8.18. The third-order valence-electron chi connectivity index (χ3n) is 13.6. The van der Waals surface area contributed by atoms with Crippen molar-refractivity contribution in [2.24, 2.45) is 50.2 Å². The van der Waals surface area contributed by atoms with E-state index in [1.54, 1.807) is 0 Å². The summed E-state index contributed by atoms with van der Waals surface area (Å²) < 4.78 is 40.0. The van der Waals surface area contributed by atoms with Gasteiger partial charge in [0, 0.05) is 5.92 Å². The van der Waals surface area contributed by atoms with E-state index in [0.29, 0.717) is 19.3 Å². The fraction of sp³-hybridized carbons (Fsp3) is 0.871. The molecule has 1 N–H and O–H groups in total. The van der Waals surface area contributed by atoms with E-state index in [9.17, 15) is 22.6 Å². The van der Waals surface area contributed by atoms with Crippen LogP contribution in [0.5, 0.6) is 0 Å². The van der Waals surface area contributed by atoms with Crippen LogP contribution in [0.1, 0.15) is 106 Å². The molecular weight excluding hydrogens is 500 g/mol. The molecule has 0 bridgehead atoms. The smallest absolute Gasteiger partial charge is 0.311 e. The van der Waals surface area contributed by atoms with Gasteiger partial charge in [-0.15, -0.1) is 0 Å². The first-order valence-electron chi connectivity index (χ1n) is 14.6. The maximum absolute atomic E-state index is 14.4. The van der Waals surface area contributed by atoms with Crippen molar-refractivity contribution >= 4 is 21.9 Å². The minimum absolute atomic E-state index is 0.0300. The topological polar surface area (TPSA) is 97.7 Å². The summed E-state index contributed by atoms with van der Waals surface area (Å²) in [7, 11) is -2.70. The molecule has 7 heteroatoms. The van der Waals surface area contributed by atoms with E-state index < -0.39 is 26.2 Å². The summed E-state index contributed by atoms with van der Waals surface area (Å²) in [6.45, 7) is 15.3. The Morgan fingerprint density at radius 2 is 1.58 bits per heavy atom. The number of fused-ring (bicyclic) bond motifs is 7. The molecule has 0 unspecified atom stereocenters. The lowest BCUT2D eigenvalue weighted by molar-refractivity contribution is -0.185. The van der Waals surface area contributed by atoms with Crippen molar-refractivity contribution in [1.29, 1.82) is 0 Å². The SMILES string of the molecule is COC(=O)[C@@]1(C)CC[C@]2(C)CC[C@]3(C)C(=CC(=O)[C@@H]4[C@@]5(C)CC[C@H](S(=O)(=O)O)C(C)(C)[C@@H]5CC[C@]43C)[C@@H]2C1. The van der Waals surface area contributed by atoms with E-state index in [0.717, 1.165) is 38.5 Å². The zero-order valence-electron chi connectivity index (χ0n) is 24.6. The van der Waals surface area contributed by atoms with E-state index in [2.05, 4.69) is 27.7 Å². The van der Waals surface area contributed by atoms with Crippen molar-refractivity contribution in [1.82, 2.24) is 0 Å². The Bertz CT molecular complexity index is 1200. The normalized spacial score (nSPS) is 50.0. The van der Waals surface area contributed by atoms with Crippen LogP contribution >= 0.6 is 0 Å². The highest BCUT2D eigenvalue weighted by Gasteiger charge is 2.71. The van der Waals surface area contributed by atoms with Gasteiger partial charge in [0.15, 0.2) is 5.78 Å². The molecule has 0 radical (unpaired) electrons. The highest BCUT2D eigenvalue weighted by atomic mass is 32.2. The number of esters is 1. The highest BCUT2D eigenvalue weighted by Crippen LogP contribution is 2.75. The Balaban J connectivity index is 1.60. The number of ether oxygens (including phenoxy) is 1. The summed E-state index contributed by atoms with van der Waals surface area (Å²) in [4.78, 5) is 27.2. The molecule has 38 heavy (non-hydrogen) atoms. The third-order valence-corrected chi connectivity index (χ3v) is 15.1. The zero-order chi connectivity index (χ0) is 28.3. The van der Waals surface area contributed by atoms with Crippen LogP contribution in [0.2, 0.25) is 0 Å². The molecule has 4 saturated carbocycles. The first-order valence-corrected chi connectivity index (χ1v) is 16.1. The maximum Gasteiger partial charge on any atom is 0.311 e. The van der Waals surface area contributed by atoms with Gasteiger partial charge in [-0.2, -0.15) is 8.42 Å². The van der Waals surface area contributed by atoms with E-state index in [1.165, 1.54) is 12.7 Å². The molecule has 0 amide bonds. The maximum atomic E-state index is 14.4. The van der Waals surface area contributed by atoms with E-state index >= 15 is 0 Å². The van der Waals surface area contributed by atoms with Crippen molar-refractivity contribution < 1.29 is 27.3 Å². The summed E-state index contributed by atoms with van der Waals surface area (Å²) >= 11 is 0. The molecule has 214 valence electrons. The first kappa shape index (κ1) is 28.3. The van der Waals surface area contributed by atoms with Crippen LogP contribution in [-0.2, 0) is 24.4 Å². The monoisotopic (exact) mass is 548 g/mol. The molecule has 5 aliphatic carbocycles. The van der Waals surface area contributed by atoms with Crippen molar-refractivity contribution in [3.8, 4) is 0 Å². The van der Waals surface area contributed by atoms with Gasteiger partial charge in [0.1, 0.15) is 0 Å². The summed E-state index contributed by atoms with van der Waals surface area (Å²) in [6, 6.07) is 0. The summed E-state index contributed by atoms with van der Waals surface area (Å²) in [5, 5.41) is -0.800. The van der Waals surface area contributed by atoms with Gasteiger partial charge in [0.05, 0.1) is 17.8 Å². The lowest BCUT2D eigenvalue weighted by Gasteiger charge is -2.70. The largest absolute Gasteiger partial charge is 0.469 e. The minimum atomic E-state index is -4.18. The van der Waals surface area contributed by atoms with Crippen LogP contribution in [0, 0.1) is 50.2 Å². The van der Waals surface area contributed by atoms with Crippen LogP contribution in [0.4, 0.5) is 0 Å². The van der Waals surface area contributed by atoms with Crippen LogP contribution in [-0.4, -0.2) is 37.1 Å². The molecule has 4 fully saturated rings. The van der Waals surface area contributed by atoms with Crippen molar-refractivity contribution in [3.05, 3.63) is 11.6 Å². The standard InChI is InChI=1S/C31H48O6S/c1-26(2)22-9-12-31(7)24(29(22,5)11-10-23(26)38(34,35)36)21(32)17-19-20-18-28(4,25(33)37-8)14-13-27(20,3)15-16-30(19,31)6/h17,20,22-24H,9-16,18H2,1-8H3,(H,34,35,36)/t20-,22-,23-,24+,27+,28-,29-,30+,31+/m0/s1. The molecule has 0 saturated heterocycles. The average molecular weight is 549 g/mol. The molecule has 9 atom stereocenters. The average Bonchev–Trinajstić information content (AvgIpc) is 2.79. The molecule has 0 aromatic carbocycles. The molecule has 5 rings (SSSR count). The number of hydrogen-bond acceptors (Lipinski definition) is 5. The van der Waals surface area contributed by atoms with Gasteiger partial charge in [0.25, 0.3) is 10.1 Å². The van der Waals surface area contributed by atoms with E-state index in [4.69, 9.17) is 4.74 Å². The van der Waals surface area contributed by atoms with Gasteiger partial charge < -0.3 is 4.74 Å². The van der Waals surface area contributed by atoms with Crippen molar-refractivity contribution in [2.75, 3.05) is 7.11 Å². The summed E-state index contributed by atoms with van der Waals surface area (Å²) in [5.41, 5.74) is -0.599. The number of allylic oxidation sites excluding steroid dienone is 2. The molecule has 0 aromatic rings. The number of carbonyl (C=O) groups is 2. The molecule has 0 aliphatic heterocycles. The van der Waals surface area contributed by atoms with Crippen LogP contribution in [0.25, 0.3) is 0 Å². The predicted octanol–water partition coefficient (Wildman–Crippen LogP) is 6.40. The third kappa shape index (κ3) is 3.48. The highest BCUT2D eigenvalue weighted by molar-refractivity contribution is 7.86. The second-order valence-electron chi connectivity index (χ2n) is 15.6. The number of rotatable bonds is 2. The minimum Gasteiger partial charge on any atom is -0.469 e. The Kier molecular flexibility index (Phi) is 6.09. The Morgan fingerprint density at radius 3 is 2.18 bits per heavy atom. The van der Waals surface area contributed by atoms with Gasteiger partial charge in [-0.25, -0.2) is 0 Å². The van der Waals surface area contributed by atoms with Gasteiger partial charge in [-0.1, -0.05) is 47.1 Å². The van der Waals surface area contributed by atoms with E-state index in [-0.39, 0.29) is 51.2 Å². The quantitative estimate of drug-likeness (QED) is 0.317. The number of methoxy groups -OCH3 is 1. The molecule has 0 spiro atoms. The van der Waals surface area contributed by atoms with Gasteiger partial charge in [-0.3, -0.25) is 14.1 Å². The lowest BCUT2D eigenvalue weighted by atomic mass is 9.33. The van der Waals surface area contributed by atoms with Crippen molar-refractivity contribution in [2.45, 2.75) is 112 Å². The Morgan fingerprint density at radius 1 is 0.947 bits per heavy atom. The van der Waals surface area contributed by atoms with Gasteiger partial charge >= 0.3 is 5.97 Å². The number of ketones is 1. The summed E-state index contributed by atoms with van der Waals surface area (Å²) in [5.74, 6) is 0.0388. The Hall–Kier alpha value is -1.21. The molecule has 5 aliphatic rings. The fourth-order valence-corrected chi connectivity index (χ4v) is 12.5. The lowest BCUT2D eigenvalue weighted by Crippen LogP contribution is -2.67. The molecular formula is C31H48O6S. The predicted molar refractivity (Wildman–Crippen MR) is 147 cm³/mol. The van der Waals surface area contributed by atoms with E-state index in [1.807, 2.05) is 26.8 Å². The molecule has 0 heterocycles. The molecule has 6 nitrogen and oxygen atoms in total. The number of carbonyl (C=O) groups excluding carboxylic acids is 2. The first-order chi connectivity index (χ1) is 17.3. The van der Waals surface area contributed by atoms with Crippen LogP contribution < -0.4 is 0 Å². The van der Waals surface area contributed by atoms with Gasteiger partial charge in [0.2, 0.25) is 0 Å². The van der Waals surface area contributed by atoms with Gasteiger partial charge in [-0.05, 0) is 110 Å². The van der Waals surface area contributed by atoms with Crippen molar-refractivity contribution in [3.63, 3.8) is 0 Å². The second-order valence-corrected chi connectivity index (χ2v) is 17.2. The fourth-order valence-electron chi connectivity index (χ4n) is 11.1. The molecule has 0 aromatic heterocycles. The Labute approximate surface area is 229 Å². The van der Waals surface area contributed by atoms with Crippen LogP contribution in [0.3, 0.4) is 0 Å².